The zero-order valence-electron chi connectivity index (χ0n) is 13.1. The molecule has 0 bridgehead atoms. The molecular weight excluding hydrogens is 298 g/mol. The number of aliphatic carboxylic acids is 1. The Morgan fingerprint density at radius 3 is 2.19 bits per heavy atom. The van der Waals surface area contributed by atoms with Gasteiger partial charge in [0.1, 0.15) is 0 Å². The van der Waals surface area contributed by atoms with Crippen LogP contribution in [-0.2, 0) is 14.8 Å². The molecule has 0 radical (unpaired) electrons. The number of carbonyl (C=O) groups is 2. The average Bonchev–Trinajstić information content (AvgIpc) is 2.22. The summed E-state index contributed by atoms with van der Waals surface area (Å²) in [5.41, 5.74) is -0.835. The molecule has 0 atom stereocenters. The van der Waals surface area contributed by atoms with Crippen molar-refractivity contribution in [1.82, 2.24) is 14.9 Å². The highest BCUT2D eigenvalue weighted by molar-refractivity contribution is 7.88. The van der Waals surface area contributed by atoms with Gasteiger partial charge >= 0.3 is 12.0 Å². The van der Waals surface area contributed by atoms with E-state index in [1.807, 2.05) is 0 Å². The molecule has 0 aromatic rings. The number of carbonyl (C=O) groups excluding carboxylic acids is 1. The first-order valence-electron chi connectivity index (χ1n) is 6.59. The number of hydrogen-bond acceptors (Lipinski definition) is 4. The third-order valence-corrected chi connectivity index (χ3v) is 3.52. The normalized spacial score (nSPS) is 12.3. The molecule has 9 heteroatoms. The largest absolute Gasteiger partial charge is 0.481 e. The number of rotatable bonds is 8. The number of carboxylic acids is 1. The fourth-order valence-electron chi connectivity index (χ4n) is 1.75. The summed E-state index contributed by atoms with van der Waals surface area (Å²) in [6.45, 7) is 7.03. The second-order valence-corrected chi connectivity index (χ2v) is 7.60. The van der Waals surface area contributed by atoms with Gasteiger partial charge in [-0.15, -0.1) is 0 Å². The highest BCUT2D eigenvalue weighted by atomic mass is 32.2. The van der Waals surface area contributed by atoms with Crippen molar-refractivity contribution in [2.24, 2.45) is 0 Å². The minimum absolute atomic E-state index is 0.0925. The minimum Gasteiger partial charge on any atom is -0.481 e. The van der Waals surface area contributed by atoms with Crippen LogP contribution in [0, 0.1) is 0 Å². The Hall–Kier alpha value is -1.35. The van der Waals surface area contributed by atoms with E-state index in [-0.39, 0.29) is 25.6 Å². The van der Waals surface area contributed by atoms with Gasteiger partial charge in [-0.2, -0.15) is 0 Å². The lowest BCUT2D eigenvalue weighted by Crippen LogP contribution is -2.54. The van der Waals surface area contributed by atoms with E-state index in [0.29, 0.717) is 0 Å². The number of urea groups is 1. The second kappa shape index (κ2) is 7.60. The number of hydrogen-bond donors (Lipinski definition) is 3. The molecule has 2 amide bonds. The van der Waals surface area contributed by atoms with E-state index >= 15 is 0 Å². The molecule has 0 aliphatic heterocycles. The SMILES string of the molecule is CC(C)N(CCC(=O)O)C(=O)NCC(C)(C)NS(C)(=O)=O. The molecule has 3 N–H and O–H groups in total. The molecule has 0 aliphatic rings. The Labute approximate surface area is 125 Å². The van der Waals surface area contributed by atoms with Crippen LogP contribution in [0.2, 0.25) is 0 Å². The third-order valence-electron chi connectivity index (χ3n) is 2.59. The van der Waals surface area contributed by atoms with Crippen molar-refractivity contribution >= 4 is 22.0 Å². The highest BCUT2D eigenvalue weighted by Crippen LogP contribution is 2.05. The summed E-state index contributed by atoms with van der Waals surface area (Å²) in [4.78, 5) is 24.0. The van der Waals surface area contributed by atoms with Crippen LogP contribution < -0.4 is 10.0 Å². The van der Waals surface area contributed by atoms with Gasteiger partial charge in [0.05, 0.1) is 12.7 Å². The zero-order valence-corrected chi connectivity index (χ0v) is 14.0. The highest BCUT2D eigenvalue weighted by Gasteiger charge is 2.25. The van der Waals surface area contributed by atoms with Crippen LogP contribution in [0.5, 0.6) is 0 Å². The molecule has 0 unspecified atom stereocenters. The van der Waals surface area contributed by atoms with Crippen molar-refractivity contribution in [3.63, 3.8) is 0 Å². The first-order valence-corrected chi connectivity index (χ1v) is 8.48. The molecule has 0 saturated carbocycles. The number of nitrogens with one attached hydrogen (secondary N) is 2. The lowest BCUT2D eigenvalue weighted by molar-refractivity contribution is -0.137. The summed E-state index contributed by atoms with van der Waals surface area (Å²) >= 11 is 0. The fraction of sp³-hybridized carbons (Fsp3) is 0.833. The van der Waals surface area contributed by atoms with Gasteiger partial charge in [-0.05, 0) is 27.7 Å². The molecule has 0 rings (SSSR count). The van der Waals surface area contributed by atoms with Crippen molar-refractivity contribution in [3.8, 4) is 0 Å². The topological polar surface area (TPSA) is 116 Å². The van der Waals surface area contributed by atoms with Crippen LogP contribution in [-0.4, -0.2) is 61.4 Å². The standard InChI is InChI=1S/C12H25N3O5S/c1-9(2)15(7-6-10(16)17)11(18)13-8-12(3,4)14-21(5,19)20/h9,14H,6-8H2,1-5H3,(H,13,18)(H,16,17). The predicted octanol–water partition coefficient (Wildman–Crippen LogP) is 0.209. The Bertz CT molecular complexity index is 473. The fourth-order valence-corrected chi connectivity index (χ4v) is 2.82. The van der Waals surface area contributed by atoms with E-state index in [0.717, 1.165) is 6.26 Å². The molecule has 0 aliphatic carbocycles. The lowest BCUT2D eigenvalue weighted by atomic mass is 10.1. The number of nitrogens with zero attached hydrogens (tertiary/aromatic N) is 1. The summed E-state index contributed by atoms with van der Waals surface area (Å²) in [5.74, 6) is -0.979. The molecule has 0 aromatic heterocycles. The molecule has 0 fully saturated rings. The first-order chi connectivity index (χ1) is 9.34. The van der Waals surface area contributed by atoms with Crippen molar-refractivity contribution in [2.45, 2.75) is 45.7 Å². The Morgan fingerprint density at radius 1 is 1.29 bits per heavy atom. The third kappa shape index (κ3) is 9.24. The zero-order chi connectivity index (χ0) is 16.8. The van der Waals surface area contributed by atoms with Gasteiger partial charge in [0.25, 0.3) is 0 Å². The van der Waals surface area contributed by atoms with Crippen molar-refractivity contribution < 1.29 is 23.1 Å². The van der Waals surface area contributed by atoms with Crippen LogP contribution in [0.1, 0.15) is 34.1 Å². The minimum atomic E-state index is -3.38. The quantitative estimate of drug-likeness (QED) is 0.590. The summed E-state index contributed by atoms with van der Waals surface area (Å²) in [6, 6.07) is -0.579. The maximum atomic E-state index is 12.1. The molecule has 0 heterocycles. The molecule has 8 nitrogen and oxygen atoms in total. The second-order valence-electron chi connectivity index (χ2n) is 5.85. The van der Waals surface area contributed by atoms with E-state index in [2.05, 4.69) is 10.0 Å². The average molecular weight is 323 g/mol. The Kier molecular flexibility index (Phi) is 7.11. The van der Waals surface area contributed by atoms with Gasteiger partial charge in [0, 0.05) is 24.7 Å². The maximum absolute atomic E-state index is 12.1. The van der Waals surface area contributed by atoms with Crippen LogP contribution in [0.15, 0.2) is 0 Å². The lowest BCUT2D eigenvalue weighted by Gasteiger charge is -2.30. The Morgan fingerprint density at radius 2 is 1.81 bits per heavy atom. The molecule has 0 spiro atoms. The van der Waals surface area contributed by atoms with E-state index in [9.17, 15) is 18.0 Å². The smallest absolute Gasteiger partial charge is 0.317 e. The van der Waals surface area contributed by atoms with Gasteiger partial charge in [-0.3, -0.25) is 4.79 Å². The number of carboxylic acid groups (broad SMARTS) is 1. The van der Waals surface area contributed by atoms with Crippen LogP contribution in [0.25, 0.3) is 0 Å². The van der Waals surface area contributed by atoms with E-state index in [1.54, 1.807) is 27.7 Å². The monoisotopic (exact) mass is 323 g/mol. The molecule has 124 valence electrons. The Balaban J connectivity index is 4.59. The van der Waals surface area contributed by atoms with Crippen LogP contribution in [0.4, 0.5) is 4.79 Å². The van der Waals surface area contributed by atoms with Crippen LogP contribution in [0.3, 0.4) is 0 Å². The molecule has 0 aromatic carbocycles. The summed E-state index contributed by atoms with van der Waals surface area (Å²) in [6.07, 6.45) is 0.903. The first kappa shape index (κ1) is 19.7. The van der Waals surface area contributed by atoms with Crippen molar-refractivity contribution in [3.05, 3.63) is 0 Å². The number of sulfonamides is 1. The molecular formula is C12H25N3O5S. The summed E-state index contributed by atoms with van der Waals surface area (Å²) in [7, 11) is -3.38. The number of amides is 2. The van der Waals surface area contributed by atoms with Gasteiger partial charge in [-0.1, -0.05) is 0 Å². The molecule has 21 heavy (non-hydrogen) atoms. The van der Waals surface area contributed by atoms with Gasteiger partial charge in [0.15, 0.2) is 0 Å². The summed E-state index contributed by atoms with van der Waals surface area (Å²) in [5, 5.41) is 11.3. The van der Waals surface area contributed by atoms with E-state index < -0.39 is 27.6 Å². The van der Waals surface area contributed by atoms with Crippen molar-refractivity contribution in [1.29, 1.82) is 0 Å². The predicted molar refractivity (Wildman–Crippen MR) is 79.6 cm³/mol. The molecule has 0 saturated heterocycles. The van der Waals surface area contributed by atoms with Gasteiger partial charge in [-0.25, -0.2) is 17.9 Å². The van der Waals surface area contributed by atoms with E-state index in [4.69, 9.17) is 5.11 Å². The van der Waals surface area contributed by atoms with Crippen LogP contribution >= 0.6 is 0 Å². The maximum Gasteiger partial charge on any atom is 0.317 e. The van der Waals surface area contributed by atoms with E-state index in [1.165, 1.54) is 4.90 Å². The van der Waals surface area contributed by atoms with Gasteiger partial charge in [0.2, 0.25) is 10.0 Å². The van der Waals surface area contributed by atoms with Crippen molar-refractivity contribution in [2.75, 3.05) is 19.3 Å². The van der Waals surface area contributed by atoms with Gasteiger partial charge < -0.3 is 15.3 Å². The summed E-state index contributed by atoms with van der Waals surface area (Å²) < 4.78 is 24.8.